The molecule has 0 saturated heterocycles. The van der Waals surface area contributed by atoms with Crippen LogP contribution in [0.15, 0.2) is 48.5 Å². The maximum atomic E-state index is 9.19. The molecule has 0 aliphatic rings. The largest absolute Gasteiger partial charge is 1.00 e. The van der Waals surface area contributed by atoms with Gasteiger partial charge in [-0.25, -0.2) is 0 Å². The maximum Gasteiger partial charge on any atom is 0.115 e. The predicted molar refractivity (Wildman–Crippen MR) is 60.1 cm³/mol. The zero-order valence-electron chi connectivity index (χ0n) is 8.86. The van der Waals surface area contributed by atoms with Gasteiger partial charge in [0.15, 0.2) is 0 Å². The Bertz CT molecular complexity index is 454. The summed E-state index contributed by atoms with van der Waals surface area (Å²) in [6.45, 7) is 0.798. The molecule has 0 aliphatic heterocycles. The Labute approximate surface area is 101 Å². The van der Waals surface area contributed by atoms with Crippen molar-refractivity contribution >= 4 is 0 Å². The summed E-state index contributed by atoms with van der Waals surface area (Å²) in [6, 6.07) is 15.5. The maximum absolute atomic E-state index is 9.19. The van der Waals surface area contributed by atoms with Crippen LogP contribution in [0.4, 0.5) is 0 Å². The summed E-state index contributed by atoms with van der Waals surface area (Å²) in [7, 11) is 0. The second-order valence-corrected chi connectivity index (χ2v) is 3.50. The molecule has 2 aromatic carbocycles. The molecule has 2 nitrogen and oxygen atoms in total. The van der Waals surface area contributed by atoms with Gasteiger partial charge in [-0.15, -0.1) is 0 Å². The van der Waals surface area contributed by atoms with Crippen LogP contribution in [-0.2, 0) is 6.54 Å². The summed E-state index contributed by atoms with van der Waals surface area (Å²) >= 11 is 0. The third-order valence-electron chi connectivity index (χ3n) is 2.42. The summed E-state index contributed by atoms with van der Waals surface area (Å²) in [6.07, 6.45) is 0. The number of benzene rings is 2. The minimum Gasteiger partial charge on any atom is -1.00 e. The highest BCUT2D eigenvalue weighted by Crippen LogP contribution is 2.22. The summed E-state index contributed by atoms with van der Waals surface area (Å²) < 4.78 is 0. The molecule has 0 spiro atoms. The van der Waals surface area contributed by atoms with E-state index in [0.29, 0.717) is 5.75 Å². The number of phenolic OH excluding ortho intramolecular Hbond substituents is 1. The van der Waals surface area contributed by atoms with Crippen molar-refractivity contribution in [2.75, 3.05) is 0 Å². The number of halogens is 1. The molecule has 0 bridgehead atoms. The highest BCUT2D eigenvalue weighted by molar-refractivity contribution is 5.64. The van der Waals surface area contributed by atoms with Crippen molar-refractivity contribution in [1.29, 1.82) is 0 Å². The number of aromatic hydroxyl groups is 1. The van der Waals surface area contributed by atoms with Crippen LogP contribution in [0.25, 0.3) is 11.1 Å². The number of hydrogen-bond donors (Lipinski definition) is 2. The molecule has 84 valence electrons. The Morgan fingerprint density at radius 3 is 2.25 bits per heavy atom. The molecular formula is C13H14ClNO. The standard InChI is InChI=1S/C13H13NO.ClH/c14-9-10-2-1-3-12(8-10)11-4-6-13(15)7-5-11;/h1-8,15H,9,14H2;1H. The molecule has 2 aromatic rings. The summed E-state index contributed by atoms with van der Waals surface area (Å²) in [5.41, 5.74) is 7.36. The van der Waals surface area contributed by atoms with Gasteiger partial charge in [0.1, 0.15) is 5.75 Å². The van der Waals surface area contributed by atoms with E-state index < -0.39 is 0 Å². The van der Waals surface area contributed by atoms with Crippen LogP contribution in [-0.4, -0.2) is 5.11 Å². The van der Waals surface area contributed by atoms with Gasteiger partial charge in [0.05, 0.1) is 6.54 Å². The molecule has 3 heteroatoms. The lowest BCUT2D eigenvalue weighted by atomic mass is 10.0. The van der Waals surface area contributed by atoms with Crippen molar-refractivity contribution in [2.24, 2.45) is 0 Å². The average Bonchev–Trinajstić information content (AvgIpc) is 2.30. The van der Waals surface area contributed by atoms with E-state index >= 15 is 0 Å². The van der Waals surface area contributed by atoms with Crippen molar-refractivity contribution in [1.82, 2.24) is 0 Å². The lowest BCUT2D eigenvalue weighted by Crippen LogP contribution is -3.00. The molecule has 0 fully saturated rings. The lowest BCUT2D eigenvalue weighted by Gasteiger charge is -2.03. The Morgan fingerprint density at radius 2 is 1.62 bits per heavy atom. The van der Waals surface area contributed by atoms with E-state index in [9.17, 15) is 5.11 Å². The second-order valence-electron chi connectivity index (χ2n) is 3.50. The molecule has 16 heavy (non-hydrogen) atoms. The fourth-order valence-electron chi connectivity index (χ4n) is 1.56. The number of quaternary nitrogens is 1. The van der Waals surface area contributed by atoms with Crippen LogP contribution < -0.4 is 18.1 Å². The van der Waals surface area contributed by atoms with Crippen molar-refractivity contribution in [3.8, 4) is 16.9 Å². The summed E-state index contributed by atoms with van der Waals surface area (Å²) in [5, 5.41) is 9.19. The molecule has 4 N–H and O–H groups in total. The molecule has 0 heterocycles. The van der Waals surface area contributed by atoms with Gasteiger partial charge in [-0.1, -0.05) is 30.3 Å². The minimum absolute atomic E-state index is 0. The summed E-state index contributed by atoms with van der Waals surface area (Å²) in [4.78, 5) is 0. The van der Waals surface area contributed by atoms with Crippen molar-refractivity contribution < 1.29 is 23.2 Å². The van der Waals surface area contributed by atoms with Gasteiger partial charge >= 0.3 is 0 Å². The van der Waals surface area contributed by atoms with Crippen molar-refractivity contribution in [2.45, 2.75) is 6.54 Å². The number of hydrogen-bond acceptors (Lipinski definition) is 1. The van der Waals surface area contributed by atoms with Gasteiger partial charge in [-0.05, 0) is 29.3 Å². The van der Waals surface area contributed by atoms with E-state index in [-0.39, 0.29) is 12.4 Å². The number of rotatable bonds is 2. The van der Waals surface area contributed by atoms with E-state index in [2.05, 4.69) is 23.9 Å². The van der Waals surface area contributed by atoms with Gasteiger partial charge in [-0.2, -0.15) is 0 Å². The van der Waals surface area contributed by atoms with E-state index in [0.717, 1.165) is 17.7 Å². The van der Waals surface area contributed by atoms with Gasteiger partial charge in [0.25, 0.3) is 0 Å². The fraction of sp³-hybridized carbons (Fsp3) is 0.0769. The quantitative estimate of drug-likeness (QED) is 0.676. The highest BCUT2D eigenvalue weighted by atomic mass is 35.5. The third-order valence-corrected chi connectivity index (χ3v) is 2.42. The fourth-order valence-corrected chi connectivity index (χ4v) is 1.56. The van der Waals surface area contributed by atoms with Crippen LogP contribution in [0.1, 0.15) is 5.56 Å². The molecule has 0 aromatic heterocycles. The van der Waals surface area contributed by atoms with E-state index in [1.165, 1.54) is 5.56 Å². The first-order valence-corrected chi connectivity index (χ1v) is 4.97. The summed E-state index contributed by atoms with van der Waals surface area (Å²) in [5.74, 6) is 0.298. The van der Waals surface area contributed by atoms with Gasteiger partial charge in [0.2, 0.25) is 0 Å². The first kappa shape index (κ1) is 12.6. The van der Waals surface area contributed by atoms with E-state index in [1.54, 1.807) is 12.1 Å². The molecule has 0 atom stereocenters. The predicted octanol–water partition coefficient (Wildman–Crippen LogP) is -1.19. The van der Waals surface area contributed by atoms with Crippen molar-refractivity contribution in [3.05, 3.63) is 54.1 Å². The Balaban J connectivity index is 0.00000128. The lowest BCUT2D eigenvalue weighted by molar-refractivity contribution is -0.386. The van der Waals surface area contributed by atoms with Gasteiger partial charge < -0.3 is 23.2 Å². The molecule has 0 aliphatic carbocycles. The normalized spacial score (nSPS) is 9.56. The van der Waals surface area contributed by atoms with Crippen molar-refractivity contribution in [3.63, 3.8) is 0 Å². The van der Waals surface area contributed by atoms with Crippen LogP contribution in [0.5, 0.6) is 5.75 Å². The first-order chi connectivity index (χ1) is 7.29. The Morgan fingerprint density at radius 1 is 0.938 bits per heavy atom. The second kappa shape index (κ2) is 5.54. The molecule has 0 saturated carbocycles. The van der Waals surface area contributed by atoms with Crippen LogP contribution in [0.3, 0.4) is 0 Å². The van der Waals surface area contributed by atoms with Gasteiger partial charge in [-0.3, -0.25) is 0 Å². The zero-order valence-corrected chi connectivity index (χ0v) is 9.61. The van der Waals surface area contributed by atoms with Crippen LogP contribution >= 0.6 is 0 Å². The molecular weight excluding hydrogens is 222 g/mol. The topological polar surface area (TPSA) is 47.9 Å². The monoisotopic (exact) mass is 235 g/mol. The Hall–Kier alpha value is -1.51. The first-order valence-electron chi connectivity index (χ1n) is 4.97. The van der Waals surface area contributed by atoms with Gasteiger partial charge in [0, 0.05) is 5.56 Å². The average molecular weight is 236 g/mol. The molecule has 0 amide bonds. The highest BCUT2D eigenvalue weighted by Gasteiger charge is 1.99. The van der Waals surface area contributed by atoms with E-state index in [4.69, 9.17) is 0 Å². The van der Waals surface area contributed by atoms with E-state index in [1.807, 2.05) is 18.2 Å². The third kappa shape index (κ3) is 2.75. The molecule has 0 radical (unpaired) electrons. The SMILES string of the molecule is [Cl-].[NH3+]Cc1cccc(-c2ccc(O)cc2)c1. The minimum atomic E-state index is 0. The Kier molecular flexibility index (Phi) is 4.35. The van der Waals surface area contributed by atoms with Crippen LogP contribution in [0.2, 0.25) is 0 Å². The molecule has 0 unspecified atom stereocenters. The molecule has 2 rings (SSSR count). The smallest absolute Gasteiger partial charge is 0.115 e. The van der Waals surface area contributed by atoms with Crippen LogP contribution in [0, 0.1) is 0 Å². The number of phenols is 1. The zero-order chi connectivity index (χ0) is 10.7.